The molecule has 0 aliphatic carbocycles. The first-order valence-corrected chi connectivity index (χ1v) is 14.8. The van der Waals surface area contributed by atoms with E-state index in [1.165, 1.54) is 89.9 Å². The molecule has 0 atom stereocenters. The number of hydrogen-bond acceptors (Lipinski definition) is 6. The van der Waals surface area contributed by atoms with Crippen LogP contribution < -0.4 is 0 Å². The van der Waals surface area contributed by atoms with E-state index >= 15 is 0 Å². The Morgan fingerprint density at radius 1 is 0.457 bits per heavy atom. The van der Waals surface area contributed by atoms with Crippen LogP contribution in [0.5, 0.6) is 0 Å². The third kappa shape index (κ3) is 11.0. The Kier molecular flexibility index (Phi) is 15.3. The van der Waals surface area contributed by atoms with Gasteiger partial charge in [-0.2, -0.15) is 0 Å². The van der Waals surface area contributed by atoms with Crippen molar-refractivity contribution in [2.24, 2.45) is 10.8 Å². The van der Waals surface area contributed by atoms with E-state index in [9.17, 15) is 10.2 Å². The van der Waals surface area contributed by atoms with Gasteiger partial charge in [0.2, 0.25) is 0 Å². The predicted octanol–water partition coefficient (Wildman–Crippen LogP) is 6.71. The molecule has 2 fully saturated rings. The Hall–Kier alpha value is -0.240. The van der Waals surface area contributed by atoms with E-state index in [1.54, 1.807) is 0 Å². The second kappa shape index (κ2) is 17.3. The lowest BCUT2D eigenvalue weighted by Crippen LogP contribution is -2.59. The zero-order valence-corrected chi connectivity index (χ0v) is 23.0. The van der Waals surface area contributed by atoms with Crippen molar-refractivity contribution >= 4 is 0 Å². The Bertz CT molecular complexity index is 460. The highest BCUT2D eigenvalue weighted by molar-refractivity contribution is 4.85. The minimum Gasteiger partial charge on any atom is -0.396 e. The van der Waals surface area contributed by atoms with Gasteiger partial charge >= 0.3 is 6.16 Å². The van der Waals surface area contributed by atoms with E-state index in [0.29, 0.717) is 26.4 Å². The number of aliphatic hydroxyl groups excluding tert-OH is 2. The minimum atomic E-state index is -1.48. The van der Waals surface area contributed by atoms with Crippen molar-refractivity contribution < 1.29 is 29.2 Å². The summed E-state index contributed by atoms with van der Waals surface area (Å²) in [6, 6.07) is 0. The molecule has 0 saturated carbocycles. The summed E-state index contributed by atoms with van der Waals surface area (Å²) in [5.41, 5.74) is -0.772. The van der Waals surface area contributed by atoms with Crippen molar-refractivity contribution in [2.75, 3.05) is 39.6 Å². The van der Waals surface area contributed by atoms with Crippen LogP contribution in [0.3, 0.4) is 0 Å². The molecule has 35 heavy (non-hydrogen) atoms. The van der Waals surface area contributed by atoms with Crippen LogP contribution in [0.1, 0.15) is 129 Å². The van der Waals surface area contributed by atoms with Crippen LogP contribution in [0.25, 0.3) is 0 Å². The first kappa shape index (κ1) is 31.0. The van der Waals surface area contributed by atoms with Gasteiger partial charge in [-0.25, -0.2) is 0 Å². The maximum atomic E-state index is 10.1. The summed E-state index contributed by atoms with van der Waals surface area (Å²) >= 11 is 0. The number of ether oxygens (including phenoxy) is 4. The number of hydrogen-bond donors (Lipinski definition) is 2. The zero-order chi connectivity index (χ0) is 25.3. The van der Waals surface area contributed by atoms with Gasteiger partial charge < -0.3 is 29.2 Å². The lowest BCUT2D eigenvalue weighted by Gasteiger charge is -2.49. The summed E-state index contributed by atoms with van der Waals surface area (Å²) in [6.07, 6.45) is 20.5. The molecule has 208 valence electrons. The van der Waals surface area contributed by atoms with Crippen molar-refractivity contribution in [3.05, 3.63) is 0 Å². The van der Waals surface area contributed by atoms with Crippen molar-refractivity contribution in [3.8, 4) is 0 Å². The molecule has 2 saturated heterocycles. The summed E-state index contributed by atoms with van der Waals surface area (Å²) in [5.74, 6) is 0. The lowest BCUT2D eigenvalue weighted by atomic mass is 9.83. The Morgan fingerprint density at radius 2 is 0.743 bits per heavy atom. The molecule has 0 aromatic heterocycles. The normalized spacial score (nSPS) is 29.1. The van der Waals surface area contributed by atoms with E-state index in [-0.39, 0.29) is 24.0 Å². The molecule has 2 aliphatic heterocycles. The predicted molar refractivity (Wildman–Crippen MR) is 140 cm³/mol. The van der Waals surface area contributed by atoms with Gasteiger partial charge in [0.15, 0.2) is 0 Å². The maximum Gasteiger partial charge on any atom is 0.412 e. The molecular formula is C29H56O6. The van der Waals surface area contributed by atoms with Gasteiger partial charge in [-0.3, -0.25) is 0 Å². The summed E-state index contributed by atoms with van der Waals surface area (Å²) in [7, 11) is 0. The van der Waals surface area contributed by atoms with Gasteiger partial charge in [0, 0.05) is 10.8 Å². The molecule has 0 aromatic rings. The van der Waals surface area contributed by atoms with E-state index in [2.05, 4.69) is 13.8 Å². The number of unbranched alkanes of at least 4 members (excludes halogenated alkanes) is 14. The fraction of sp³-hybridized carbons (Fsp3) is 1.00. The van der Waals surface area contributed by atoms with Gasteiger partial charge in [0.05, 0.1) is 39.6 Å². The lowest BCUT2D eigenvalue weighted by molar-refractivity contribution is -0.549. The molecule has 2 N–H and O–H groups in total. The molecule has 6 heteroatoms. The van der Waals surface area contributed by atoms with Crippen LogP contribution in [0.15, 0.2) is 0 Å². The minimum absolute atomic E-state index is 0.0403. The second-order valence-corrected chi connectivity index (χ2v) is 11.4. The standard InChI is InChI=1S/C29H56O6/c1-3-5-7-9-11-13-15-17-19-27(21-30)23-32-29(33-24-27)34-25-28(22-31,26-35-29)20-18-16-14-12-10-8-6-4-2/h30-31H,3-26H2,1-2H3. The van der Waals surface area contributed by atoms with Gasteiger partial charge in [-0.15, -0.1) is 0 Å². The zero-order valence-electron chi connectivity index (χ0n) is 23.0. The first-order valence-electron chi connectivity index (χ1n) is 14.8. The molecule has 0 bridgehead atoms. The van der Waals surface area contributed by atoms with Crippen LogP contribution in [-0.2, 0) is 18.9 Å². The fourth-order valence-electron chi connectivity index (χ4n) is 5.20. The van der Waals surface area contributed by atoms with Gasteiger partial charge in [0.25, 0.3) is 0 Å². The van der Waals surface area contributed by atoms with Gasteiger partial charge in [0.1, 0.15) is 0 Å². The Labute approximate surface area is 215 Å². The van der Waals surface area contributed by atoms with E-state index in [1.807, 2.05) is 0 Å². The summed E-state index contributed by atoms with van der Waals surface area (Å²) < 4.78 is 23.8. The monoisotopic (exact) mass is 500 g/mol. The molecule has 6 nitrogen and oxygen atoms in total. The SMILES string of the molecule is CCCCCCCCCCC1(CO)COC2(OC1)OCC(CO)(CCCCCCCCCC)CO2. The molecule has 0 amide bonds. The number of rotatable bonds is 20. The topological polar surface area (TPSA) is 77.4 Å². The second-order valence-electron chi connectivity index (χ2n) is 11.4. The van der Waals surface area contributed by atoms with Gasteiger partial charge in [-0.1, -0.05) is 117 Å². The van der Waals surface area contributed by atoms with E-state index < -0.39 is 6.16 Å². The summed E-state index contributed by atoms with van der Waals surface area (Å²) in [5, 5.41) is 20.2. The van der Waals surface area contributed by atoms with Gasteiger partial charge in [-0.05, 0) is 12.8 Å². The average molecular weight is 501 g/mol. The molecular weight excluding hydrogens is 444 g/mol. The molecule has 2 heterocycles. The summed E-state index contributed by atoms with van der Waals surface area (Å²) in [4.78, 5) is 0. The van der Waals surface area contributed by atoms with E-state index in [4.69, 9.17) is 18.9 Å². The molecule has 0 unspecified atom stereocenters. The first-order chi connectivity index (χ1) is 17.1. The fourth-order valence-corrected chi connectivity index (χ4v) is 5.20. The Balaban J connectivity index is 1.64. The molecule has 2 rings (SSSR count). The molecule has 0 radical (unpaired) electrons. The smallest absolute Gasteiger partial charge is 0.396 e. The molecule has 0 aromatic carbocycles. The van der Waals surface area contributed by atoms with Crippen molar-refractivity contribution in [2.45, 2.75) is 136 Å². The number of aliphatic hydroxyl groups is 2. The maximum absolute atomic E-state index is 10.1. The third-order valence-electron chi connectivity index (χ3n) is 8.01. The van der Waals surface area contributed by atoms with Crippen molar-refractivity contribution in [3.63, 3.8) is 0 Å². The van der Waals surface area contributed by atoms with Crippen molar-refractivity contribution in [1.29, 1.82) is 0 Å². The molecule has 2 aliphatic rings. The summed E-state index contributed by atoms with van der Waals surface area (Å²) in [6.45, 7) is 6.04. The average Bonchev–Trinajstić information content (AvgIpc) is 2.90. The van der Waals surface area contributed by atoms with Crippen LogP contribution in [0, 0.1) is 10.8 Å². The Morgan fingerprint density at radius 3 is 1.03 bits per heavy atom. The van der Waals surface area contributed by atoms with E-state index in [0.717, 1.165) is 25.7 Å². The quantitative estimate of drug-likeness (QED) is 0.181. The highest BCUT2D eigenvalue weighted by atomic mass is 17.0. The highest BCUT2D eigenvalue weighted by Crippen LogP contribution is 2.41. The third-order valence-corrected chi connectivity index (χ3v) is 8.01. The van der Waals surface area contributed by atoms with Crippen LogP contribution in [0.2, 0.25) is 0 Å². The van der Waals surface area contributed by atoms with Crippen LogP contribution >= 0.6 is 0 Å². The van der Waals surface area contributed by atoms with Crippen LogP contribution in [0.4, 0.5) is 0 Å². The molecule has 1 spiro atoms. The highest BCUT2D eigenvalue weighted by Gasteiger charge is 2.52. The van der Waals surface area contributed by atoms with Crippen LogP contribution in [-0.4, -0.2) is 56.0 Å². The van der Waals surface area contributed by atoms with Crippen molar-refractivity contribution in [1.82, 2.24) is 0 Å². The largest absolute Gasteiger partial charge is 0.412 e.